The van der Waals surface area contributed by atoms with Gasteiger partial charge in [0.15, 0.2) is 17.3 Å². The molecule has 3 aromatic rings. The number of halogens is 2. The van der Waals surface area contributed by atoms with Gasteiger partial charge >= 0.3 is 5.97 Å². The molecule has 2 aromatic carbocycles. The maximum absolute atomic E-state index is 14.2. The van der Waals surface area contributed by atoms with Gasteiger partial charge in [-0.15, -0.1) is 0 Å². The topological polar surface area (TPSA) is 112 Å². The zero-order valence-corrected chi connectivity index (χ0v) is 12.5. The van der Waals surface area contributed by atoms with Gasteiger partial charge in [-0.3, -0.25) is 14.9 Å². The van der Waals surface area contributed by atoms with E-state index < -0.39 is 39.3 Å². The summed E-state index contributed by atoms with van der Waals surface area (Å²) in [5, 5.41) is 19.8. The van der Waals surface area contributed by atoms with Crippen LogP contribution in [0.3, 0.4) is 0 Å². The van der Waals surface area contributed by atoms with E-state index >= 15 is 0 Å². The van der Waals surface area contributed by atoms with Crippen molar-refractivity contribution in [2.24, 2.45) is 0 Å². The van der Waals surface area contributed by atoms with Crippen molar-refractivity contribution in [3.63, 3.8) is 0 Å². The molecule has 0 saturated heterocycles. The summed E-state index contributed by atoms with van der Waals surface area (Å²) in [5.74, 6) is -5.19. The largest absolute Gasteiger partial charge is 0.477 e. The number of non-ortho nitro benzene ring substituents is 1. The molecule has 0 radical (unpaired) electrons. The maximum atomic E-state index is 14.2. The normalized spacial score (nSPS) is 11.8. The molecule has 0 saturated carbocycles. The third-order valence-corrected chi connectivity index (χ3v) is 3.99. The van der Waals surface area contributed by atoms with Crippen LogP contribution in [0.15, 0.2) is 35.3 Å². The minimum atomic E-state index is -1.55. The van der Waals surface area contributed by atoms with Crippen LogP contribution in [-0.2, 0) is 0 Å². The molecule has 26 heavy (non-hydrogen) atoms. The van der Waals surface area contributed by atoms with Crippen LogP contribution in [0.1, 0.15) is 10.4 Å². The summed E-state index contributed by atoms with van der Waals surface area (Å²) in [6, 6.07) is 3.98. The molecule has 0 bridgehead atoms. The number of aromatic nitrogens is 1. The Labute approximate surface area is 141 Å². The molecule has 1 aromatic heterocycles. The lowest BCUT2D eigenvalue weighted by Gasteiger charge is -2.23. The smallest absolute Gasteiger partial charge is 0.341 e. The van der Waals surface area contributed by atoms with Gasteiger partial charge in [-0.2, -0.15) is 4.39 Å². The van der Waals surface area contributed by atoms with Gasteiger partial charge in [0, 0.05) is 12.3 Å². The molecule has 1 N–H and O–H groups in total. The molecule has 130 valence electrons. The molecule has 1 aliphatic rings. The maximum Gasteiger partial charge on any atom is 0.341 e. The summed E-state index contributed by atoms with van der Waals surface area (Å²) in [5.41, 5.74) is -2.06. The highest BCUT2D eigenvalue weighted by Gasteiger charge is 2.29. The molecule has 0 aliphatic carbocycles. The first-order valence-corrected chi connectivity index (χ1v) is 7.07. The van der Waals surface area contributed by atoms with Gasteiger partial charge < -0.3 is 14.4 Å². The van der Waals surface area contributed by atoms with Crippen molar-refractivity contribution < 1.29 is 28.3 Å². The fourth-order valence-corrected chi connectivity index (χ4v) is 2.85. The lowest BCUT2D eigenvalue weighted by atomic mass is 10.1. The predicted octanol–water partition coefficient (Wildman–Crippen LogP) is 2.98. The Morgan fingerprint density at radius 2 is 2.00 bits per heavy atom. The van der Waals surface area contributed by atoms with E-state index in [9.17, 15) is 33.6 Å². The quantitative estimate of drug-likeness (QED) is 0.434. The highest BCUT2D eigenvalue weighted by Crippen LogP contribution is 2.43. The van der Waals surface area contributed by atoms with Crippen LogP contribution in [0.2, 0.25) is 0 Å². The summed E-state index contributed by atoms with van der Waals surface area (Å²) >= 11 is 0. The molecule has 0 unspecified atom stereocenters. The number of hydrogen-bond acceptors (Lipinski definition) is 5. The molecular weight excluding hydrogens is 354 g/mol. The van der Waals surface area contributed by atoms with E-state index in [-0.39, 0.29) is 28.0 Å². The van der Waals surface area contributed by atoms with Gasteiger partial charge in [0.2, 0.25) is 11.2 Å². The Hall–Kier alpha value is -3.82. The van der Waals surface area contributed by atoms with Crippen LogP contribution in [0, 0.1) is 21.7 Å². The van der Waals surface area contributed by atoms with E-state index in [4.69, 9.17) is 4.74 Å². The number of carbonyl (C=O) groups is 1. The third-order valence-electron chi connectivity index (χ3n) is 3.99. The summed E-state index contributed by atoms with van der Waals surface area (Å²) in [6.45, 7) is 0. The molecular formula is C16H6F2N2O6. The lowest BCUT2D eigenvalue weighted by molar-refractivity contribution is -0.384. The molecule has 0 spiro atoms. The van der Waals surface area contributed by atoms with E-state index in [1.54, 1.807) is 0 Å². The minimum absolute atomic E-state index is 0.140. The Balaban J connectivity index is 2.19. The number of benzene rings is 2. The number of aromatic carboxylic acids is 1. The van der Waals surface area contributed by atoms with Gasteiger partial charge in [-0.1, -0.05) is 0 Å². The van der Waals surface area contributed by atoms with Crippen molar-refractivity contribution in [1.82, 2.24) is 4.57 Å². The second kappa shape index (κ2) is 5.09. The van der Waals surface area contributed by atoms with Crippen molar-refractivity contribution in [2.45, 2.75) is 0 Å². The van der Waals surface area contributed by atoms with Crippen LogP contribution in [0.25, 0.3) is 16.6 Å². The highest BCUT2D eigenvalue weighted by atomic mass is 19.2. The third kappa shape index (κ3) is 1.98. The fourth-order valence-electron chi connectivity index (χ4n) is 2.85. The Kier molecular flexibility index (Phi) is 3.07. The van der Waals surface area contributed by atoms with Gasteiger partial charge in [0.05, 0.1) is 22.1 Å². The first-order chi connectivity index (χ1) is 12.3. The molecule has 4 rings (SSSR count). The zero-order valence-electron chi connectivity index (χ0n) is 12.5. The summed E-state index contributed by atoms with van der Waals surface area (Å²) in [7, 11) is 0. The van der Waals surface area contributed by atoms with Crippen LogP contribution >= 0.6 is 0 Å². The molecule has 1 aliphatic heterocycles. The second-order valence-corrected chi connectivity index (χ2v) is 5.46. The Morgan fingerprint density at radius 3 is 2.65 bits per heavy atom. The number of carboxylic acid groups (broad SMARTS) is 1. The van der Waals surface area contributed by atoms with Gasteiger partial charge in [0.25, 0.3) is 5.69 Å². The average Bonchev–Trinajstić information content (AvgIpc) is 2.60. The molecule has 8 nitrogen and oxygen atoms in total. The van der Waals surface area contributed by atoms with Crippen molar-refractivity contribution >= 4 is 22.6 Å². The standard InChI is InChI=1S/C16H6F2N2O6/c17-9-4-7-13-15(12(9)18)26-11-3-6(20(24)25)1-2-10(11)19(13)5-8(14(7)21)16(22)23/h1-5H,(H,22,23). The molecule has 0 atom stereocenters. The van der Waals surface area contributed by atoms with E-state index in [0.717, 1.165) is 22.9 Å². The van der Waals surface area contributed by atoms with Crippen LogP contribution < -0.4 is 10.2 Å². The average molecular weight is 360 g/mol. The lowest BCUT2D eigenvalue weighted by Crippen LogP contribution is -2.21. The minimum Gasteiger partial charge on any atom is -0.477 e. The SMILES string of the molecule is O=C(O)c1cn2c3c(c(F)c(F)cc3c1=O)Oc1cc([N+](=O)[O-])ccc1-2. The van der Waals surface area contributed by atoms with Crippen molar-refractivity contribution in [2.75, 3.05) is 0 Å². The summed E-state index contributed by atoms with van der Waals surface area (Å²) < 4.78 is 34.5. The molecule has 10 heteroatoms. The van der Waals surface area contributed by atoms with E-state index in [2.05, 4.69) is 0 Å². The number of nitrogens with zero attached hydrogens (tertiary/aromatic N) is 2. The molecule has 2 heterocycles. The van der Waals surface area contributed by atoms with Crippen molar-refractivity contribution in [3.8, 4) is 17.2 Å². The summed E-state index contributed by atoms with van der Waals surface area (Å²) in [4.78, 5) is 33.9. The first-order valence-electron chi connectivity index (χ1n) is 7.07. The van der Waals surface area contributed by atoms with Gasteiger partial charge in [-0.25, -0.2) is 9.18 Å². The number of rotatable bonds is 2. The number of ether oxygens (including phenoxy) is 1. The van der Waals surface area contributed by atoms with Crippen molar-refractivity contribution in [3.05, 3.63) is 68.0 Å². The number of hydrogen-bond donors (Lipinski definition) is 1. The van der Waals surface area contributed by atoms with Crippen LogP contribution in [-0.4, -0.2) is 20.6 Å². The van der Waals surface area contributed by atoms with Crippen LogP contribution in [0.5, 0.6) is 11.5 Å². The Morgan fingerprint density at radius 1 is 1.27 bits per heavy atom. The number of nitro benzene ring substituents is 1. The first kappa shape index (κ1) is 15.7. The number of fused-ring (bicyclic) bond motifs is 2. The monoisotopic (exact) mass is 360 g/mol. The van der Waals surface area contributed by atoms with Gasteiger partial charge in [-0.05, 0) is 12.1 Å². The number of nitro groups is 1. The van der Waals surface area contributed by atoms with Gasteiger partial charge in [0.1, 0.15) is 11.1 Å². The molecule has 0 fully saturated rings. The highest BCUT2D eigenvalue weighted by molar-refractivity contribution is 5.96. The van der Waals surface area contributed by atoms with E-state index in [0.29, 0.717) is 6.07 Å². The predicted molar refractivity (Wildman–Crippen MR) is 83.1 cm³/mol. The second-order valence-electron chi connectivity index (χ2n) is 5.46. The number of carboxylic acids is 1. The van der Waals surface area contributed by atoms with E-state index in [1.807, 2.05) is 0 Å². The summed E-state index contributed by atoms with van der Waals surface area (Å²) in [6.07, 6.45) is 0.945. The van der Waals surface area contributed by atoms with Crippen LogP contribution in [0.4, 0.5) is 14.5 Å². The number of pyridine rings is 1. The molecule has 0 amide bonds. The Bertz CT molecular complexity index is 1220. The van der Waals surface area contributed by atoms with E-state index in [1.165, 1.54) is 6.07 Å². The zero-order chi connectivity index (χ0) is 18.7. The van der Waals surface area contributed by atoms with Crippen molar-refractivity contribution in [1.29, 1.82) is 0 Å². The fraction of sp³-hybridized carbons (Fsp3) is 0.